The standard InChI is InChI=1S/C27H20/c1-19-14-15-20(24-10-5-4-9-23(19)24)16-17-22-18-21-8-2-3-11-25(21)27-13-7-6-12-26(22)27/h2-18H,1H3. The Morgan fingerprint density at radius 2 is 1.04 bits per heavy atom. The van der Waals surface area contributed by atoms with Crippen LogP contribution in [0.4, 0.5) is 0 Å². The van der Waals surface area contributed by atoms with E-state index in [1.165, 1.54) is 49.0 Å². The van der Waals surface area contributed by atoms with E-state index >= 15 is 0 Å². The molecule has 0 saturated heterocycles. The van der Waals surface area contributed by atoms with E-state index in [4.69, 9.17) is 0 Å². The molecule has 5 aromatic carbocycles. The van der Waals surface area contributed by atoms with E-state index in [2.05, 4.69) is 110 Å². The van der Waals surface area contributed by atoms with E-state index in [0.29, 0.717) is 0 Å². The fraction of sp³-hybridized carbons (Fsp3) is 0.0370. The van der Waals surface area contributed by atoms with E-state index in [1.54, 1.807) is 0 Å². The molecule has 0 nitrogen and oxygen atoms in total. The lowest BCUT2D eigenvalue weighted by molar-refractivity contribution is 1.52. The van der Waals surface area contributed by atoms with Gasteiger partial charge in [-0.05, 0) is 62.0 Å². The molecule has 0 unspecified atom stereocenters. The SMILES string of the molecule is Cc1ccc(C=Cc2cc3ccccc3c3ccccc23)c2ccccc12. The molecule has 128 valence electrons. The third kappa shape index (κ3) is 2.71. The molecule has 0 aliphatic carbocycles. The van der Waals surface area contributed by atoms with Crippen molar-refractivity contribution < 1.29 is 0 Å². The van der Waals surface area contributed by atoms with Crippen molar-refractivity contribution in [2.75, 3.05) is 0 Å². The Morgan fingerprint density at radius 3 is 1.81 bits per heavy atom. The van der Waals surface area contributed by atoms with Gasteiger partial charge in [-0.1, -0.05) is 97.1 Å². The molecule has 0 fully saturated rings. The van der Waals surface area contributed by atoms with Crippen LogP contribution < -0.4 is 0 Å². The Morgan fingerprint density at radius 1 is 0.481 bits per heavy atom. The van der Waals surface area contributed by atoms with Gasteiger partial charge in [0.2, 0.25) is 0 Å². The highest BCUT2D eigenvalue weighted by Gasteiger charge is 2.05. The van der Waals surface area contributed by atoms with Crippen molar-refractivity contribution in [2.45, 2.75) is 6.92 Å². The Balaban J connectivity index is 1.72. The minimum absolute atomic E-state index is 1.26. The van der Waals surface area contributed by atoms with Gasteiger partial charge in [0.25, 0.3) is 0 Å². The van der Waals surface area contributed by atoms with Crippen molar-refractivity contribution in [1.29, 1.82) is 0 Å². The van der Waals surface area contributed by atoms with E-state index in [1.807, 2.05) is 0 Å². The molecule has 5 rings (SSSR count). The van der Waals surface area contributed by atoms with Gasteiger partial charge in [-0.2, -0.15) is 0 Å². The summed E-state index contributed by atoms with van der Waals surface area (Å²) < 4.78 is 0. The lowest BCUT2D eigenvalue weighted by Crippen LogP contribution is -1.84. The van der Waals surface area contributed by atoms with Gasteiger partial charge in [-0.25, -0.2) is 0 Å². The first-order valence-electron chi connectivity index (χ1n) is 9.38. The van der Waals surface area contributed by atoms with Crippen LogP contribution in [0, 0.1) is 6.92 Å². The largest absolute Gasteiger partial charge is 0.0616 e. The van der Waals surface area contributed by atoms with Crippen LogP contribution in [0.3, 0.4) is 0 Å². The topological polar surface area (TPSA) is 0 Å². The number of aryl methyl sites for hydroxylation is 1. The summed E-state index contributed by atoms with van der Waals surface area (Å²) in [7, 11) is 0. The maximum absolute atomic E-state index is 2.30. The fourth-order valence-corrected chi connectivity index (χ4v) is 4.02. The minimum Gasteiger partial charge on any atom is -0.0616 e. The highest BCUT2D eigenvalue weighted by Crippen LogP contribution is 2.30. The molecule has 0 heteroatoms. The zero-order valence-corrected chi connectivity index (χ0v) is 15.3. The van der Waals surface area contributed by atoms with Gasteiger partial charge in [0.1, 0.15) is 0 Å². The summed E-state index contributed by atoms with van der Waals surface area (Å²) in [6.07, 6.45) is 4.50. The van der Waals surface area contributed by atoms with Gasteiger partial charge in [-0.15, -0.1) is 0 Å². The predicted molar refractivity (Wildman–Crippen MR) is 119 cm³/mol. The van der Waals surface area contributed by atoms with Crippen LogP contribution in [0.2, 0.25) is 0 Å². The van der Waals surface area contributed by atoms with E-state index in [-0.39, 0.29) is 0 Å². The van der Waals surface area contributed by atoms with Crippen LogP contribution >= 0.6 is 0 Å². The smallest absolute Gasteiger partial charge is 0.00994 e. The predicted octanol–water partition coefficient (Wildman–Crippen LogP) is 7.63. The lowest BCUT2D eigenvalue weighted by Gasteiger charge is -2.09. The molecule has 27 heavy (non-hydrogen) atoms. The summed E-state index contributed by atoms with van der Waals surface area (Å²) in [6.45, 7) is 2.17. The summed E-state index contributed by atoms with van der Waals surface area (Å²) >= 11 is 0. The monoisotopic (exact) mass is 344 g/mol. The van der Waals surface area contributed by atoms with Crippen LogP contribution in [0.1, 0.15) is 16.7 Å². The molecular weight excluding hydrogens is 324 g/mol. The van der Waals surface area contributed by atoms with E-state index in [9.17, 15) is 0 Å². The zero-order chi connectivity index (χ0) is 18.2. The van der Waals surface area contributed by atoms with Gasteiger partial charge in [0, 0.05) is 0 Å². The Labute approximate surface area is 159 Å². The molecule has 0 heterocycles. The molecule has 5 aromatic rings. The lowest BCUT2D eigenvalue weighted by atomic mass is 9.95. The van der Waals surface area contributed by atoms with Crippen molar-refractivity contribution in [1.82, 2.24) is 0 Å². The summed E-state index contributed by atoms with van der Waals surface area (Å²) in [5, 5.41) is 7.82. The molecule has 0 aromatic heterocycles. The average molecular weight is 344 g/mol. The van der Waals surface area contributed by atoms with Gasteiger partial charge in [0.15, 0.2) is 0 Å². The molecule has 0 bridgehead atoms. The first-order valence-corrected chi connectivity index (χ1v) is 9.38. The molecule has 0 aliphatic heterocycles. The van der Waals surface area contributed by atoms with Crippen LogP contribution in [0.5, 0.6) is 0 Å². The molecule has 0 N–H and O–H groups in total. The molecule has 0 aliphatic rings. The maximum Gasteiger partial charge on any atom is -0.00994 e. The van der Waals surface area contributed by atoms with Gasteiger partial charge >= 0.3 is 0 Å². The van der Waals surface area contributed by atoms with E-state index < -0.39 is 0 Å². The second kappa shape index (κ2) is 6.41. The summed E-state index contributed by atoms with van der Waals surface area (Å²) in [5.74, 6) is 0. The fourth-order valence-electron chi connectivity index (χ4n) is 4.02. The van der Waals surface area contributed by atoms with Gasteiger partial charge in [-0.3, -0.25) is 0 Å². The van der Waals surface area contributed by atoms with Crippen molar-refractivity contribution in [3.63, 3.8) is 0 Å². The summed E-state index contributed by atoms with van der Waals surface area (Å²) in [6, 6.07) is 32.7. The average Bonchev–Trinajstić information content (AvgIpc) is 2.73. The molecule has 0 spiro atoms. The minimum atomic E-state index is 1.26. The van der Waals surface area contributed by atoms with Crippen molar-refractivity contribution in [3.8, 4) is 0 Å². The van der Waals surface area contributed by atoms with Crippen LogP contribution in [0.25, 0.3) is 44.5 Å². The quantitative estimate of drug-likeness (QED) is 0.228. The summed E-state index contributed by atoms with van der Waals surface area (Å²) in [5.41, 5.74) is 3.83. The van der Waals surface area contributed by atoms with Crippen LogP contribution in [-0.4, -0.2) is 0 Å². The molecule has 0 radical (unpaired) electrons. The first-order chi connectivity index (χ1) is 13.3. The molecule has 0 amide bonds. The van der Waals surface area contributed by atoms with Crippen LogP contribution in [-0.2, 0) is 0 Å². The van der Waals surface area contributed by atoms with Gasteiger partial charge in [0.05, 0.1) is 0 Å². The molecular formula is C27H20. The second-order valence-corrected chi connectivity index (χ2v) is 7.08. The molecule has 0 atom stereocenters. The zero-order valence-electron chi connectivity index (χ0n) is 15.3. The van der Waals surface area contributed by atoms with Crippen LogP contribution in [0.15, 0.2) is 91.0 Å². The summed E-state index contributed by atoms with van der Waals surface area (Å²) in [4.78, 5) is 0. The number of hydrogen-bond acceptors (Lipinski definition) is 0. The normalized spacial score (nSPS) is 11.7. The molecule has 0 saturated carbocycles. The Hall–Kier alpha value is -3.38. The number of rotatable bonds is 2. The number of fused-ring (bicyclic) bond motifs is 4. The number of benzene rings is 5. The highest BCUT2D eigenvalue weighted by atomic mass is 14.1. The highest BCUT2D eigenvalue weighted by molar-refractivity contribution is 6.11. The third-order valence-electron chi connectivity index (χ3n) is 5.42. The Bertz CT molecular complexity index is 1320. The van der Waals surface area contributed by atoms with Crippen molar-refractivity contribution >= 4 is 44.5 Å². The maximum atomic E-state index is 2.30. The van der Waals surface area contributed by atoms with Crippen molar-refractivity contribution in [3.05, 3.63) is 108 Å². The van der Waals surface area contributed by atoms with Gasteiger partial charge < -0.3 is 0 Å². The third-order valence-corrected chi connectivity index (χ3v) is 5.42. The Kier molecular flexibility index (Phi) is 3.76. The van der Waals surface area contributed by atoms with E-state index in [0.717, 1.165) is 0 Å². The first kappa shape index (κ1) is 15.8. The number of hydrogen-bond donors (Lipinski definition) is 0. The second-order valence-electron chi connectivity index (χ2n) is 7.08. The van der Waals surface area contributed by atoms with Crippen molar-refractivity contribution in [2.24, 2.45) is 0 Å².